The molecule has 0 bridgehead atoms. The van der Waals surface area contributed by atoms with Gasteiger partial charge in [0.25, 0.3) is 0 Å². The molecule has 1 N–H and O–H groups in total. The number of carbonyl (C=O) groups excluding carboxylic acids is 2. The predicted octanol–water partition coefficient (Wildman–Crippen LogP) is 4.90. The van der Waals surface area contributed by atoms with Crippen molar-refractivity contribution >= 4 is 23.6 Å². The lowest BCUT2D eigenvalue weighted by Gasteiger charge is -2.31. The highest BCUT2D eigenvalue weighted by molar-refractivity contribution is 7.99. The van der Waals surface area contributed by atoms with Gasteiger partial charge in [-0.1, -0.05) is 44.2 Å². The van der Waals surface area contributed by atoms with Gasteiger partial charge < -0.3 is 15.0 Å². The van der Waals surface area contributed by atoms with Crippen LogP contribution >= 0.6 is 11.8 Å². The van der Waals surface area contributed by atoms with Gasteiger partial charge >= 0.3 is 0 Å². The minimum atomic E-state index is -0.495. The van der Waals surface area contributed by atoms with Gasteiger partial charge in [-0.15, -0.1) is 11.8 Å². The molecule has 0 aliphatic rings. The fourth-order valence-corrected chi connectivity index (χ4v) is 4.07. The first-order chi connectivity index (χ1) is 15.0. The van der Waals surface area contributed by atoms with Crippen molar-refractivity contribution in [3.63, 3.8) is 0 Å². The van der Waals surface area contributed by atoms with Crippen LogP contribution in [0.15, 0.2) is 59.5 Å². The Labute approximate surface area is 190 Å². The maximum absolute atomic E-state index is 13.2. The molecule has 6 heteroatoms. The molecule has 2 aromatic rings. The molecule has 0 saturated heterocycles. The third kappa shape index (κ3) is 7.94. The van der Waals surface area contributed by atoms with E-state index in [9.17, 15) is 9.59 Å². The van der Waals surface area contributed by atoms with E-state index < -0.39 is 6.04 Å². The molecule has 2 amide bonds. The number of amides is 2. The predicted molar refractivity (Wildman–Crippen MR) is 127 cm³/mol. The minimum absolute atomic E-state index is 0.00889. The number of benzene rings is 2. The standard InChI is InChI=1S/C25H34N2O3S/c1-5-19(3)26-25(29)23(6-2)27(18-20-12-14-21(30-4)15-13-20)24(28)16-17-31-22-10-8-7-9-11-22/h7-15,19,23H,5-6,16-18H2,1-4H3,(H,26,29)/t19-,23+/m1/s1. The Balaban J connectivity index is 2.13. The highest BCUT2D eigenvalue weighted by atomic mass is 32.2. The van der Waals surface area contributed by atoms with Crippen LogP contribution in [0.4, 0.5) is 0 Å². The average Bonchev–Trinajstić information content (AvgIpc) is 2.79. The molecule has 0 spiro atoms. The summed E-state index contributed by atoms with van der Waals surface area (Å²) in [7, 11) is 1.63. The smallest absolute Gasteiger partial charge is 0.243 e. The number of hydrogen-bond acceptors (Lipinski definition) is 4. The molecule has 0 aliphatic heterocycles. The molecule has 0 heterocycles. The summed E-state index contributed by atoms with van der Waals surface area (Å²) in [5.41, 5.74) is 0.972. The van der Waals surface area contributed by atoms with Crippen molar-refractivity contribution in [3.8, 4) is 5.75 Å². The Kier molecular flexibility index (Phi) is 10.4. The third-order valence-electron chi connectivity index (χ3n) is 5.23. The molecule has 5 nitrogen and oxygen atoms in total. The molecule has 168 valence electrons. The molecule has 0 saturated carbocycles. The minimum Gasteiger partial charge on any atom is -0.497 e. The normalized spacial score (nSPS) is 12.6. The summed E-state index contributed by atoms with van der Waals surface area (Å²) in [5, 5.41) is 3.04. The molecule has 31 heavy (non-hydrogen) atoms. The van der Waals surface area contributed by atoms with E-state index in [1.165, 1.54) is 0 Å². The zero-order chi connectivity index (χ0) is 22.6. The summed E-state index contributed by atoms with van der Waals surface area (Å²) >= 11 is 1.65. The molecule has 0 unspecified atom stereocenters. The van der Waals surface area contributed by atoms with Crippen LogP contribution in [-0.2, 0) is 16.1 Å². The van der Waals surface area contributed by atoms with E-state index in [4.69, 9.17) is 4.74 Å². The van der Waals surface area contributed by atoms with Crippen LogP contribution in [0.5, 0.6) is 5.75 Å². The van der Waals surface area contributed by atoms with Gasteiger partial charge in [-0.3, -0.25) is 9.59 Å². The summed E-state index contributed by atoms with van der Waals surface area (Å²) in [5.74, 6) is 1.34. The first-order valence-corrected chi connectivity index (χ1v) is 11.9. The van der Waals surface area contributed by atoms with Gasteiger partial charge in [-0.05, 0) is 49.6 Å². The number of carbonyl (C=O) groups is 2. The molecule has 2 aromatic carbocycles. The Morgan fingerprint density at radius 3 is 2.29 bits per heavy atom. The number of hydrogen-bond donors (Lipinski definition) is 1. The van der Waals surface area contributed by atoms with Crippen molar-refractivity contribution in [3.05, 3.63) is 60.2 Å². The van der Waals surface area contributed by atoms with Gasteiger partial charge in [-0.2, -0.15) is 0 Å². The topological polar surface area (TPSA) is 58.6 Å². The quantitative estimate of drug-likeness (QED) is 0.475. The van der Waals surface area contributed by atoms with E-state index in [2.05, 4.69) is 5.32 Å². The second-order valence-electron chi connectivity index (χ2n) is 7.52. The van der Waals surface area contributed by atoms with Crippen LogP contribution in [0, 0.1) is 0 Å². The van der Waals surface area contributed by atoms with E-state index >= 15 is 0 Å². The van der Waals surface area contributed by atoms with E-state index in [1.807, 2.05) is 75.4 Å². The van der Waals surface area contributed by atoms with E-state index in [0.717, 1.165) is 22.6 Å². The maximum Gasteiger partial charge on any atom is 0.243 e. The summed E-state index contributed by atoms with van der Waals surface area (Å²) in [6.45, 7) is 6.36. The summed E-state index contributed by atoms with van der Waals surface area (Å²) in [4.78, 5) is 29.0. The highest BCUT2D eigenvalue weighted by Gasteiger charge is 2.29. The molecular formula is C25H34N2O3S. The second-order valence-corrected chi connectivity index (χ2v) is 8.69. The lowest BCUT2D eigenvalue weighted by Crippen LogP contribution is -2.50. The first-order valence-electron chi connectivity index (χ1n) is 10.9. The molecule has 2 atom stereocenters. The Bertz CT molecular complexity index is 811. The lowest BCUT2D eigenvalue weighted by molar-refractivity contribution is -0.141. The Hall–Kier alpha value is -2.47. The monoisotopic (exact) mass is 442 g/mol. The van der Waals surface area contributed by atoms with Crippen LogP contribution in [0.1, 0.15) is 45.6 Å². The van der Waals surface area contributed by atoms with Gasteiger partial charge in [0.1, 0.15) is 11.8 Å². The lowest BCUT2D eigenvalue weighted by atomic mass is 10.1. The highest BCUT2D eigenvalue weighted by Crippen LogP contribution is 2.21. The molecular weight excluding hydrogens is 408 g/mol. The van der Waals surface area contributed by atoms with Gasteiger partial charge in [-0.25, -0.2) is 0 Å². The average molecular weight is 443 g/mol. The zero-order valence-corrected chi connectivity index (χ0v) is 19.8. The van der Waals surface area contributed by atoms with Gasteiger partial charge in [0.2, 0.25) is 11.8 Å². The SMILES string of the molecule is CC[C@@H](C)NC(=O)[C@H](CC)N(Cc1ccc(OC)cc1)C(=O)CCSc1ccccc1. The zero-order valence-electron chi connectivity index (χ0n) is 19.0. The summed E-state index contributed by atoms with van der Waals surface area (Å²) in [6, 6.07) is 17.3. The van der Waals surface area contributed by atoms with E-state index in [0.29, 0.717) is 25.1 Å². The van der Waals surface area contributed by atoms with Gasteiger partial charge in [0.05, 0.1) is 7.11 Å². The van der Waals surface area contributed by atoms with E-state index in [-0.39, 0.29) is 17.9 Å². The Morgan fingerprint density at radius 1 is 1.03 bits per heavy atom. The van der Waals surface area contributed by atoms with Crippen LogP contribution < -0.4 is 10.1 Å². The number of methoxy groups -OCH3 is 1. The second kappa shape index (κ2) is 13.1. The summed E-state index contributed by atoms with van der Waals surface area (Å²) in [6.07, 6.45) is 1.79. The van der Waals surface area contributed by atoms with Crippen molar-refractivity contribution in [1.29, 1.82) is 0 Å². The maximum atomic E-state index is 13.2. The molecule has 0 fully saturated rings. The number of thioether (sulfide) groups is 1. The third-order valence-corrected chi connectivity index (χ3v) is 6.24. The Morgan fingerprint density at radius 2 is 1.71 bits per heavy atom. The fourth-order valence-electron chi connectivity index (χ4n) is 3.20. The molecule has 2 rings (SSSR count). The van der Waals surface area contributed by atoms with E-state index in [1.54, 1.807) is 23.8 Å². The van der Waals surface area contributed by atoms with Crippen LogP contribution in [0.2, 0.25) is 0 Å². The van der Waals surface area contributed by atoms with Crippen LogP contribution in [0.3, 0.4) is 0 Å². The van der Waals surface area contributed by atoms with Gasteiger partial charge in [0.15, 0.2) is 0 Å². The van der Waals surface area contributed by atoms with Crippen molar-refractivity contribution in [2.75, 3.05) is 12.9 Å². The summed E-state index contributed by atoms with van der Waals surface area (Å²) < 4.78 is 5.23. The van der Waals surface area contributed by atoms with Crippen LogP contribution in [0.25, 0.3) is 0 Å². The van der Waals surface area contributed by atoms with Crippen molar-refractivity contribution in [2.24, 2.45) is 0 Å². The number of nitrogens with zero attached hydrogens (tertiary/aromatic N) is 1. The van der Waals surface area contributed by atoms with Crippen LogP contribution in [-0.4, -0.2) is 41.7 Å². The number of ether oxygens (including phenoxy) is 1. The first kappa shape index (κ1) is 24.8. The van der Waals surface area contributed by atoms with Crippen molar-refractivity contribution < 1.29 is 14.3 Å². The van der Waals surface area contributed by atoms with Crippen molar-refractivity contribution in [2.45, 2.75) is 63.6 Å². The fraction of sp³-hybridized carbons (Fsp3) is 0.440. The molecule has 0 aromatic heterocycles. The largest absolute Gasteiger partial charge is 0.497 e. The number of nitrogens with one attached hydrogen (secondary N) is 1. The molecule has 0 radical (unpaired) electrons. The molecule has 0 aliphatic carbocycles. The van der Waals surface area contributed by atoms with Crippen molar-refractivity contribution in [1.82, 2.24) is 10.2 Å². The van der Waals surface area contributed by atoms with Gasteiger partial charge in [0, 0.05) is 29.7 Å². The number of rotatable bonds is 12.